The Bertz CT molecular complexity index is 2020. The molecule has 1 aromatic heterocycles. The maximum atomic E-state index is 14.2. The Morgan fingerprint density at radius 2 is 1.83 bits per heavy atom. The standard InChI is InChI=1S/C34H31N7O10S/c1-16(42)51-14-19-15-52-33-26(32(48)41(33)25(19)34(49)50)40(31(47)24(35)17-5-3-2-4-6-17)30(46)21-13-36-27(39-28(21)44)18-7-9-20(10-8-18)37-29(45)22-11-12-23(43)38-22/h2-10,13,22,24,26,33H,11-12,14-15,35H2,1H3,(H,37,45)(H,38,43)(H,49,50)(H,36,39,44)/t22?,24?,26?,33-/m0/s1. The van der Waals surface area contributed by atoms with Gasteiger partial charge in [-0.15, -0.1) is 11.8 Å². The molecule has 6 rings (SSSR count). The number of carboxylic acids is 1. The molecule has 4 heterocycles. The lowest BCUT2D eigenvalue weighted by Gasteiger charge is -2.52. The van der Waals surface area contributed by atoms with Crippen molar-refractivity contribution in [2.45, 2.75) is 43.3 Å². The minimum atomic E-state index is -1.52. The van der Waals surface area contributed by atoms with Crippen LogP contribution < -0.4 is 16.4 Å². The summed E-state index contributed by atoms with van der Waals surface area (Å²) in [4.78, 5) is 99.2. The van der Waals surface area contributed by atoms with Crippen LogP contribution in [0.15, 0.2) is 72.1 Å². The number of aromatic nitrogens is 2. The number of aliphatic carboxylic acids is 1. The monoisotopic (exact) mass is 729 g/mol. The van der Waals surface area contributed by atoms with Crippen molar-refractivity contribution in [1.82, 2.24) is 25.1 Å². The predicted octanol–water partition coefficient (Wildman–Crippen LogP) is 0.921. The molecular weight excluding hydrogens is 698 g/mol. The van der Waals surface area contributed by atoms with Crippen molar-refractivity contribution in [3.63, 3.8) is 0 Å². The summed E-state index contributed by atoms with van der Waals surface area (Å²) in [5, 5.41) is 25.2. The number of β-lactam (4-membered cyclic amide) rings is 1. The molecule has 2 aromatic carbocycles. The number of nitrogens with one attached hydrogen (secondary N) is 2. The molecular formula is C34H31N7O10S. The molecule has 52 heavy (non-hydrogen) atoms. The Kier molecular flexibility index (Phi) is 10.0. The van der Waals surface area contributed by atoms with E-state index in [1.54, 1.807) is 54.6 Å². The molecule has 17 nitrogen and oxygen atoms in total. The molecule has 6 N–H and O–H groups in total. The van der Waals surface area contributed by atoms with E-state index >= 15 is 0 Å². The lowest BCUT2D eigenvalue weighted by atomic mass is 9.98. The molecule has 0 bridgehead atoms. The number of hydrogen-bond donors (Lipinski definition) is 5. The lowest BCUT2D eigenvalue weighted by molar-refractivity contribution is -0.157. The third-order valence-electron chi connectivity index (χ3n) is 8.55. The number of carbonyl (C=O) groups is 7. The highest BCUT2D eigenvalue weighted by atomic mass is 32.2. The Balaban J connectivity index is 1.27. The van der Waals surface area contributed by atoms with E-state index in [-0.39, 0.29) is 42.0 Å². The fraction of sp³-hybridized carbons (Fsp3) is 0.265. The minimum Gasteiger partial charge on any atom is -0.493 e. The number of nitrogens with two attached hydrogens (primary N) is 1. The second kappa shape index (κ2) is 14.6. The largest absolute Gasteiger partial charge is 0.493 e. The third kappa shape index (κ3) is 6.93. The first-order valence-corrected chi connectivity index (χ1v) is 16.9. The average molecular weight is 730 g/mol. The minimum absolute atomic E-state index is 0.00347. The molecule has 18 heteroatoms. The summed E-state index contributed by atoms with van der Waals surface area (Å²) in [6.45, 7) is 0.778. The Morgan fingerprint density at radius 3 is 2.44 bits per heavy atom. The van der Waals surface area contributed by atoms with Crippen LogP contribution in [0.5, 0.6) is 5.88 Å². The number of ether oxygens (including phenoxy) is 1. The van der Waals surface area contributed by atoms with Crippen LogP contribution in [-0.2, 0) is 33.5 Å². The van der Waals surface area contributed by atoms with Gasteiger partial charge >= 0.3 is 11.9 Å². The fourth-order valence-corrected chi connectivity index (χ4v) is 7.29. The number of aromatic hydroxyl groups is 1. The summed E-state index contributed by atoms with van der Waals surface area (Å²) in [6, 6.07) is 10.7. The molecule has 3 aliphatic heterocycles. The van der Waals surface area contributed by atoms with E-state index in [4.69, 9.17) is 10.5 Å². The summed E-state index contributed by atoms with van der Waals surface area (Å²) in [5.74, 6) is -6.58. The highest BCUT2D eigenvalue weighted by Gasteiger charge is 2.59. The molecule has 5 amide bonds. The second-order valence-corrected chi connectivity index (χ2v) is 13.1. The number of fused-ring (bicyclic) bond motifs is 1. The normalized spacial score (nSPS) is 19.9. The molecule has 2 fully saturated rings. The first kappa shape index (κ1) is 35.7. The van der Waals surface area contributed by atoms with E-state index in [9.17, 15) is 43.8 Å². The van der Waals surface area contributed by atoms with Gasteiger partial charge in [-0.05, 0) is 36.2 Å². The second-order valence-electron chi connectivity index (χ2n) is 12.0. The maximum Gasteiger partial charge on any atom is 0.352 e. The van der Waals surface area contributed by atoms with E-state index in [1.807, 2.05) is 0 Å². The van der Waals surface area contributed by atoms with Gasteiger partial charge in [0.15, 0.2) is 5.82 Å². The van der Waals surface area contributed by atoms with E-state index in [1.165, 1.54) is 0 Å². The number of carbonyl (C=O) groups excluding carboxylic acids is 6. The first-order valence-electron chi connectivity index (χ1n) is 15.8. The molecule has 268 valence electrons. The SMILES string of the molecule is CC(=O)OCC1=C(C(=O)O)N2C(=O)C(N(C(=O)c3cnc(-c4ccc(NC(=O)C5CCC(=O)N5)cc4)nc3O)C(=O)C(N)c3ccccc3)[C@@H]2SC1. The third-order valence-corrected chi connectivity index (χ3v) is 9.88. The fourth-order valence-electron chi connectivity index (χ4n) is 5.92. The molecule has 4 atom stereocenters. The van der Waals surface area contributed by atoms with Gasteiger partial charge in [0, 0.05) is 42.1 Å². The van der Waals surface area contributed by atoms with Crippen LogP contribution in [-0.4, -0.2) is 101 Å². The number of hydrogen-bond acceptors (Lipinski definition) is 13. The first-order chi connectivity index (χ1) is 24.8. The highest BCUT2D eigenvalue weighted by molar-refractivity contribution is 8.00. The molecule has 3 aromatic rings. The van der Waals surface area contributed by atoms with Gasteiger partial charge in [-0.1, -0.05) is 30.3 Å². The van der Waals surface area contributed by atoms with Crippen molar-refractivity contribution in [2.24, 2.45) is 5.73 Å². The van der Waals surface area contributed by atoms with Crippen molar-refractivity contribution in [3.8, 4) is 17.3 Å². The number of benzene rings is 2. The number of rotatable bonds is 10. The molecule has 0 spiro atoms. The van der Waals surface area contributed by atoms with Crippen molar-refractivity contribution in [3.05, 3.63) is 83.2 Å². The topological polar surface area (TPSA) is 252 Å². The number of carboxylic acid groups (broad SMARTS) is 1. The Labute approximate surface area is 299 Å². The van der Waals surface area contributed by atoms with Gasteiger partial charge < -0.3 is 31.3 Å². The van der Waals surface area contributed by atoms with E-state index in [0.29, 0.717) is 28.1 Å². The van der Waals surface area contributed by atoms with Gasteiger partial charge in [-0.3, -0.25) is 38.6 Å². The van der Waals surface area contributed by atoms with Gasteiger partial charge in [0.25, 0.3) is 17.7 Å². The Hall–Kier alpha value is -6.14. The number of anilines is 1. The summed E-state index contributed by atoms with van der Waals surface area (Å²) in [5.41, 5.74) is 6.64. The predicted molar refractivity (Wildman–Crippen MR) is 182 cm³/mol. The Morgan fingerprint density at radius 1 is 1.12 bits per heavy atom. The van der Waals surface area contributed by atoms with Crippen molar-refractivity contribution < 1.29 is 48.5 Å². The van der Waals surface area contributed by atoms with Crippen LogP contribution in [0.2, 0.25) is 0 Å². The van der Waals surface area contributed by atoms with E-state index < -0.39 is 70.3 Å². The van der Waals surface area contributed by atoms with Gasteiger partial charge in [-0.2, -0.15) is 4.98 Å². The van der Waals surface area contributed by atoms with Crippen LogP contribution in [0, 0.1) is 0 Å². The molecule has 3 aliphatic rings. The number of esters is 1. The smallest absolute Gasteiger partial charge is 0.352 e. The van der Waals surface area contributed by atoms with Crippen LogP contribution >= 0.6 is 11.8 Å². The van der Waals surface area contributed by atoms with Gasteiger partial charge in [-0.25, -0.2) is 9.78 Å². The zero-order chi connectivity index (χ0) is 37.3. The van der Waals surface area contributed by atoms with Crippen LogP contribution in [0.4, 0.5) is 5.69 Å². The number of nitrogens with zero attached hydrogens (tertiary/aromatic N) is 4. The lowest BCUT2D eigenvalue weighted by Crippen LogP contribution is -2.72. The summed E-state index contributed by atoms with van der Waals surface area (Å²) in [7, 11) is 0. The zero-order valence-electron chi connectivity index (χ0n) is 27.3. The number of thioether (sulfide) groups is 1. The highest BCUT2D eigenvalue weighted by Crippen LogP contribution is 2.43. The van der Waals surface area contributed by atoms with Crippen LogP contribution in [0.1, 0.15) is 41.7 Å². The molecule has 3 unspecified atom stereocenters. The maximum absolute atomic E-state index is 14.2. The van der Waals surface area contributed by atoms with Crippen LogP contribution in [0.3, 0.4) is 0 Å². The van der Waals surface area contributed by atoms with Crippen molar-refractivity contribution in [1.29, 1.82) is 0 Å². The quantitative estimate of drug-likeness (QED) is 0.144. The van der Waals surface area contributed by atoms with E-state index in [0.717, 1.165) is 29.8 Å². The summed E-state index contributed by atoms with van der Waals surface area (Å²) >= 11 is 1.05. The van der Waals surface area contributed by atoms with Gasteiger partial charge in [0.1, 0.15) is 41.4 Å². The van der Waals surface area contributed by atoms with Crippen molar-refractivity contribution in [2.75, 3.05) is 17.7 Å². The van der Waals surface area contributed by atoms with Gasteiger partial charge in [0.2, 0.25) is 17.7 Å². The summed E-state index contributed by atoms with van der Waals surface area (Å²) < 4.78 is 4.97. The molecule has 2 saturated heterocycles. The van der Waals surface area contributed by atoms with Crippen molar-refractivity contribution >= 4 is 58.9 Å². The number of imide groups is 1. The zero-order valence-corrected chi connectivity index (χ0v) is 28.2. The van der Waals surface area contributed by atoms with Gasteiger partial charge in [0.05, 0.1) is 0 Å². The molecule has 0 radical (unpaired) electrons. The summed E-state index contributed by atoms with van der Waals surface area (Å²) in [6.07, 6.45) is 1.63. The molecule has 0 aliphatic carbocycles. The average Bonchev–Trinajstić information content (AvgIpc) is 3.58. The molecule has 0 saturated carbocycles. The van der Waals surface area contributed by atoms with E-state index in [2.05, 4.69) is 20.6 Å². The number of amides is 5. The van der Waals surface area contributed by atoms with Crippen LogP contribution in [0.25, 0.3) is 11.4 Å².